The van der Waals surface area contributed by atoms with Crippen molar-refractivity contribution in [3.05, 3.63) is 59.9 Å². The predicted octanol–water partition coefficient (Wildman–Crippen LogP) is 4.10. The van der Waals surface area contributed by atoms with E-state index in [1.165, 1.54) is 29.5 Å². The molecule has 2 aromatic carbocycles. The number of methoxy groups -OCH3 is 1. The minimum absolute atomic E-state index is 0.299. The van der Waals surface area contributed by atoms with Gasteiger partial charge in [0, 0.05) is 6.08 Å². The minimum Gasteiger partial charge on any atom is -0.497 e. The summed E-state index contributed by atoms with van der Waals surface area (Å²) in [5, 5.41) is 3.11. The van der Waals surface area contributed by atoms with Gasteiger partial charge in [0.1, 0.15) is 11.6 Å². The van der Waals surface area contributed by atoms with Gasteiger partial charge in [-0.1, -0.05) is 23.5 Å². The summed E-state index contributed by atoms with van der Waals surface area (Å²) in [7, 11) is 1.59. The Kier molecular flexibility index (Phi) is 4.34. The molecule has 0 aliphatic carbocycles. The number of anilines is 1. The monoisotopic (exact) mass is 328 g/mol. The highest BCUT2D eigenvalue weighted by Gasteiger charge is 2.06. The van der Waals surface area contributed by atoms with Crippen molar-refractivity contribution in [3.63, 3.8) is 0 Å². The molecule has 0 unspecified atom stereocenters. The van der Waals surface area contributed by atoms with E-state index in [4.69, 9.17) is 4.74 Å². The van der Waals surface area contributed by atoms with Gasteiger partial charge in [0.2, 0.25) is 5.91 Å². The molecule has 0 radical (unpaired) electrons. The van der Waals surface area contributed by atoms with E-state index in [0.717, 1.165) is 11.3 Å². The first-order valence-corrected chi connectivity index (χ1v) is 7.65. The molecule has 0 saturated carbocycles. The van der Waals surface area contributed by atoms with Crippen LogP contribution >= 0.6 is 11.3 Å². The number of carbonyl (C=O) groups excluding carboxylic acids is 1. The van der Waals surface area contributed by atoms with Gasteiger partial charge in [-0.25, -0.2) is 9.37 Å². The molecule has 1 amide bonds. The molecule has 3 rings (SSSR count). The van der Waals surface area contributed by atoms with Crippen LogP contribution in [-0.2, 0) is 4.79 Å². The number of nitrogens with zero attached hydrogens (tertiary/aromatic N) is 1. The van der Waals surface area contributed by atoms with Crippen LogP contribution < -0.4 is 10.1 Å². The summed E-state index contributed by atoms with van der Waals surface area (Å²) in [5.74, 6) is 0.102. The fourth-order valence-corrected chi connectivity index (χ4v) is 2.91. The van der Waals surface area contributed by atoms with Crippen molar-refractivity contribution in [3.8, 4) is 5.75 Å². The number of amides is 1. The average molecular weight is 328 g/mol. The molecule has 0 aliphatic heterocycles. The van der Waals surface area contributed by atoms with Crippen molar-refractivity contribution < 1.29 is 13.9 Å². The van der Waals surface area contributed by atoms with Crippen molar-refractivity contribution >= 4 is 38.7 Å². The number of benzene rings is 2. The molecule has 23 heavy (non-hydrogen) atoms. The minimum atomic E-state index is -0.322. The number of hydrogen-bond donors (Lipinski definition) is 1. The van der Waals surface area contributed by atoms with E-state index in [0.29, 0.717) is 15.3 Å². The van der Waals surface area contributed by atoms with Crippen LogP contribution in [-0.4, -0.2) is 18.0 Å². The molecule has 1 heterocycles. The maximum Gasteiger partial charge on any atom is 0.250 e. The topological polar surface area (TPSA) is 51.2 Å². The first-order chi connectivity index (χ1) is 11.1. The van der Waals surface area contributed by atoms with Crippen LogP contribution in [0.15, 0.2) is 48.5 Å². The highest BCUT2D eigenvalue weighted by Crippen LogP contribution is 2.26. The van der Waals surface area contributed by atoms with Crippen LogP contribution in [0.5, 0.6) is 5.75 Å². The van der Waals surface area contributed by atoms with Gasteiger partial charge in [-0.2, -0.15) is 0 Å². The summed E-state index contributed by atoms with van der Waals surface area (Å²) in [6.45, 7) is 0. The lowest BCUT2D eigenvalue weighted by atomic mass is 10.2. The Balaban J connectivity index is 1.71. The number of nitrogens with one attached hydrogen (secondary N) is 1. The zero-order chi connectivity index (χ0) is 16.2. The number of hydrogen-bond acceptors (Lipinski definition) is 4. The smallest absolute Gasteiger partial charge is 0.250 e. The van der Waals surface area contributed by atoms with E-state index in [-0.39, 0.29) is 11.7 Å². The SMILES string of the molecule is COc1cccc(C=CC(=O)Nc2nc3ccc(F)cc3s2)c1. The van der Waals surface area contributed by atoms with Gasteiger partial charge in [0.25, 0.3) is 0 Å². The number of aromatic nitrogens is 1. The largest absolute Gasteiger partial charge is 0.497 e. The van der Waals surface area contributed by atoms with E-state index >= 15 is 0 Å². The number of halogens is 1. The lowest BCUT2D eigenvalue weighted by Gasteiger charge is -2.00. The third kappa shape index (κ3) is 3.73. The normalized spacial score (nSPS) is 11.0. The van der Waals surface area contributed by atoms with E-state index in [1.54, 1.807) is 19.3 Å². The van der Waals surface area contributed by atoms with Crippen molar-refractivity contribution in [1.82, 2.24) is 4.98 Å². The molecule has 0 fully saturated rings. The average Bonchev–Trinajstić information content (AvgIpc) is 2.94. The van der Waals surface area contributed by atoms with E-state index < -0.39 is 0 Å². The maximum absolute atomic E-state index is 13.1. The lowest BCUT2D eigenvalue weighted by molar-refractivity contribution is -0.111. The van der Waals surface area contributed by atoms with Gasteiger partial charge in [-0.05, 0) is 42.0 Å². The third-order valence-corrected chi connectivity index (χ3v) is 4.04. The Morgan fingerprint density at radius 3 is 3.00 bits per heavy atom. The summed E-state index contributed by atoms with van der Waals surface area (Å²) in [4.78, 5) is 16.2. The molecule has 4 nitrogen and oxygen atoms in total. The predicted molar refractivity (Wildman–Crippen MR) is 90.2 cm³/mol. The first-order valence-electron chi connectivity index (χ1n) is 6.83. The summed E-state index contributed by atoms with van der Waals surface area (Å²) < 4.78 is 19.0. The molecule has 116 valence electrons. The van der Waals surface area contributed by atoms with Crippen LogP contribution in [0.4, 0.5) is 9.52 Å². The molecule has 0 saturated heterocycles. The van der Waals surface area contributed by atoms with E-state index in [2.05, 4.69) is 10.3 Å². The van der Waals surface area contributed by atoms with Crippen LogP contribution in [0.3, 0.4) is 0 Å². The second-order valence-corrected chi connectivity index (χ2v) is 5.76. The quantitative estimate of drug-likeness (QED) is 0.734. The molecule has 0 spiro atoms. The molecule has 0 bridgehead atoms. The number of fused-ring (bicyclic) bond motifs is 1. The Morgan fingerprint density at radius 2 is 2.17 bits per heavy atom. The van der Waals surface area contributed by atoms with Crippen LogP contribution in [0, 0.1) is 5.82 Å². The second-order valence-electron chi connectivity index (χ2n) is 4.73. The first kappa shape index (κ1) is 15.2. The fraction of sp³-hybridized carbons (Fsp3) is 0.0588. The van der Waals surface area contributed by atoms with E-state index in [9.17, 15) is 9.18 Å². The number of thiazole rings is 1. The van der Waals surface area contributed by atoms with Crippen molar-refractivity contribution in [2.24, 2.45) is 0 Å². The molecule has 1 N–H and O–H groups in total. The molecular weight excluding hydrogens is 315 g/mol. The highest BCUT2D eigenvalue weighted by atomic mass is 32.1. The molecule has 0 aliphatic rings. The summed E-state index contributed by atoms with van der Waals surface area (Å²) >= 11 is 1.23. The van der Waals surface area contributed by atoms with Crippen LogP contribution in [0.1, 0.15) is 5.56 Å². The Labute approximate surface area is 136 Å². The maximum atomic E-state index is 13.1. The molecule has 0 atom stereocenters. The Hall–Kier alpha value is -2.73. The number of rotatable bonds is 4. The van der Waals surface area contributed by atoms with Gasteiger partial charge >= 0.3 is 0 Å². The van der Waals surface area contributed by atoms with Gasteiger partial charge in [-0.3, -0.25) is 10.1 Å². The highest BCUT2D eigenvalue weighted by molar-refractivity contribution is 7.22. The van der Waals surface area contributed by atoms with Crippen molar-refractivity contribution in [2.45, 2.75) is 0 Å². The standard InChI is InChI=1S/C17H13FN2O2S/c1-22-13-4-2-3-11(9-13)5-8-16(21)20-17-19-14-7-6-12(18)10-15(14)23-17/h2-10H,1H3,(H,19,20,21). The Morgan fingerprint density at radius 1 is 1.30 bits per heavy atom. The van der Waals surface area contributed by atoms with E-state index in [1.807, 2.05) is 24.3 Å². The lowest BCUT2D eigenvalue weighted by Crippen LogP contribution is -2.07. The summed E-state index contributed by atoms with van der Waals surface area (Å²) in [6.07, 6.45) is 3.10. The number of carbonyl (C=O) groups is 1. The van der Waals surface area contributed by atoms with Gasteiger partial charge in [0.15, 0.2) is 5.13 Å². The summed E-state index contributed by atoms with van der Waals surface area (Å²) in [6, 6.07) is 11.7. The van der Waals surface area contributed by atoms with Crippen LogP contribution in [0.25, 0.3) is 16.3 Å². The second kappa shape index (κ2) is 6.58. The number of ether oxygens (including phenoxy) is 1. The van der Waals surface area contributed by atoms with Crippen molar-refractivity contribution in [2.75, 3.05) is 12.4 Å². The molecule has 1 aromatic heterocycles. The third-order valence-electron chi connectivity index (χ3n) is 3.10. The van der Waals surface area contributed by atoms with Gasteiger partial charge in [-0.15, -0.1) is 0 Å². The molecular formula is C17H13FN2O2S. The fourth-order valence-electron chi connectivity index (χ4n) is 2.02. The van der Waals surface area contributed by atoms with Gasteiger partial charge in [0.05, 0.1) is 17.3 Å². The Bertz CT molecular complexity index is 889. The van der Waals surface area contributed by atoms with Gasteiger partial charge < -0.3 is 4.74 Å². The molecule has 6 heteroatoms. The van der Waals surface area contributed by atoms with Crippen LogP contribution in [0.2, 0.25) is 0 Å². The van der Waals surface area contributed by atoms with Crippen molar-refractivity contribution in [1.29, 1.82) is 0 Å². The zero-order valence-electron chi connectivity index (χ0n) is 12.2. The summed E-state index contributed by atoms with van der Waals surface area (Å²) in [5.41, 5.74) is 1.51. The zero-order valence-corrected chi connectivity index (χ0v) is 13.1. The molecule has 3 aromatic rings.